The Morgan fingerprint density at radius 2 is 2.06 bits per heavy atom. The number of fused-ring (bicyclic) bond motifs is 1. The first kappa shape index (κ1) is 23.5. The number of halogens is 3. The number of thiophene rings is 1. The van der Waals surface area contributed by atoms with E-state index in [0.29, 0.717) is 21.1 Å². The second-order valence-corrected chi connectivity index (χ2v) is 9.54. The van der Waals surface area contributed by atoms with E-state index in [-0.39, 0.29) is 34.0 Å². The van der Waals surface area contributed by atoms with Crippen molar-refractivity contribution in [2.75, 3.05) is 11.1 Å². The standard InChI is InChI=1S/C20H20ClF2N3O3S2/c1-9(2)26-18(28)16-10(3)11(4)31-17(16)25-20(26)30-8-15(27)24-12-5-6-14(13(21)7-12)29-19(22)23/h5-7,9,19H,8H2,1-4H3,(H,24,27). The van der Waals surface area contributed by atoms with E-state index in [9.17, 15) is 18.4 Å². The molecule has 0 aliphatic rings. The van der Waals surface area contributed by atoms with Crippen LogP contribution < -0.4 is 15.6 Å². The van der Waals surface area contributed by atoms with Gasteiger partial charge in [0.25, 0.3) is 5.56 Å². The van der Waals surface area contributed by atoms with Gasteiger partial charge in [0.2, 0.25) is 5.91 Å². The number of thioether (sulfide) groups is 1. The molecule has 0 saturated carbocycles. The van der Waals surface area contributed by atoms with Crippen LogP contribution in [0.3, 0.4) is 0 Å². The number of aryl methyl sites for hydroxylation is 2. The van der Waals surface area contributed by atoms with Crippen LogP contribution in [0.2, 0.25) is 5.02 Å². The normalized spacial score (nSPS) is 11.5. The zero-order valence-corrected chi connectivity index (χ0v) is 19.6. The SMILES string of the molecule is Cc1sc2nc(SCC(=O)Nc3ccc(OC(F)F)c(Cl)c3)n(C(C)C)c(=O)c2c1C. The molecular formula is C20H20ClF2N3O3S2. The molecular weight excluding hydrogens is 468 g/mol. The summed E-state index contributed by atoms with van der Waals surface area (Å²) < 4.78 is 30.5. The molecule has 0 unspecified atom stereocenters. The van der Waals surface area contributed by atoms with Crippen LogP contribution in [-0.4, -0.2) is 27.8 Å². The van der Waals surface area contributed by atoms with Crippen LogP contribution in [0, 0.1) is 13.8 Å². The van der Waals surface area contributed by atoms with Gasteiger partial charge in [-0.05, 0) is 51.5 Å². The van der Waals surface area contributed by atoms with Crippen molar-refractivity contribution in [2.24, 2.45) is 0 Å². The summed E-state index contributed by atoms with van der Waals surface area (Å²) >= 11 is 8.52. The highest BCUT2D eigenvalue weighted by atomic mass is 35.5. The molecule has 0 saturated heterocycles. The van der Waals surface area contributed by atoms with Gasteiger partial charge in [0, 0.05) is 16.6 Å². The topological polar surface area (TPSA) is 73.2 Å². The molecule has 1 aromatic carbocycles. The van der Waals surface area contributed by atoms with Crippen LogP contribution in [0.15, 0.2) is 28.2 Å². The molecule has 0 fully saturated rings. The van der Waals surface area contributed by atoms with Crippen LogP contribution in [-0.2, 0) is 4.79 Å². The van der Waals surface area contributed by atoms with E-state index in [2.05, 4.69) is 15.0 Å². The lowest BCUT2D eigenvalue weighted by molar-refractivity contribution is -0.113. The highest BCUT2D eigenvalue weighted by molar-refractivity contribution is 7.99. The molecule has 11 heteroatoms. The number of alkyl halides is 2. The smallest absolute Gasteiger partial charge is 0.387 e. The number of amides is 1. The van der Waals surface area contributed by atoms with Crippen molar-refractivity contribution in [3.05, 3.63) is 44.0 Å². The van der Waals surface area contributed by atoms with Crippen molar-refractivity contribution in [3.63, 3.8) is 0 Å². The third-order valence-electron chi connectivity index (χ3n) is 4.48. The Hall–Kier alpha value is -2.17. The van der Waals surface area contributed by atoms with E-state index in [1.54, 1.807) is 4.57 Å². The highest BCUT2D eigenvalue weighted by Crippen LogP contribution is 2.31. The molecule has 1 N–H and O–H groups in total. The quantitative estimate of drug-likeness (QED) is 0.345. The van der Waals surface area contributed by atoms with Crippen molar-refractivity contribution in [1.29, 1.82) is 0 Å². The van der Waals surface area contributed by atoms with E-state index in [1.807, 2.05) is 27.7 Å². The summed E-state index contributed by atoms with van der Waals surface area (Å²) in [5, 5.41) is 3.68. The van der Waals surface area contributed by atoms with Crippen LogP contribution in [0.5, 0.6) is 5.75 Å². The summed E-state index contributed by atoms with van der Waals surface area (Å²) in [6.07, 6.45) is 0. The number of nitrogens with zero attached hydrogens (tertiary/aromatic N) is 2. The third-order valence-corrected chi connectivity index (χ3v) is 6.83. The van der Waals surface area contributed by atoms with Crippen LogP contribution in [0.1, 0.15) is 30.3 Å². The van der Waals surface area contributed by atoms with Crippen molar-refractivity contribution in [3.8, 4) is 5.75 Å². The Labute approximate surface area is 190 Å². The average Bonchev–Trinajstić information content (AvgIpc) is 2.95. The van der Waals surface area contributed by atoms with E-state index < -0.39 is 6.61 Å². The Morgan fingerprint density at radius 3 is 2.68 bits per heavy atom. The maximum atomic E-state index is 13.0. The highest BCUT2D eigenvalue weighted by Gasteiger charge is 2.19. The van der Waals surface area contributed by atoms with Crippen molar-refractivity contribution in [1.82, 2.24) is 9.55 Å². The minimum Gasteiger partial charge on any atom is -0.433 e. The Balaban J connectivity index is 1.78. The molecule has 0 radical (unpaired) electrons. The monoisotopic (exact) mass is 487 g/mol. The fourth-order valence-electron chi connectivity index (χ4n) is 2.94. The van der Waals surface area contributed by atoms with Gasteiger partial charge in [-0.25, -0.2) is 4.98 Å². The molecule has 0 aliphatic carbocycles. The first-order chi connectivity index (χ1) is 14.6. The van der Waals surface area contributed by atoms with Gasteiger partial charge in [-0.1, -0.05) is 23.4 Å². The van der Waals surface area contributed by atoms with Crippen LogP contribution in [0.4, 0.5) is 14.5 Å². The number of nitrogens with one attached hydrogen (secondary N) is 1. The predicted octanol–water partition coefficient (Wildman–Crippen LogP) is 5.64. The zero-order valence-electron chi connectivity index (χ0n) is 17.2. The van der Waals surface area contributed by atoms with Gasteiger partial charge in [0.1, 0.15) is 10.6 Å². The maximum Gasteiger partial charge on any atom is 0.387 e. The van der Waals surface area contributed by atoms with Gasteiger partial charge < -0.3 is 10.1 Å². The Morgan fingerprint density at radius 1 is 1.35 bits per heavy atom. The fraction of sp³-hybridized carbons (Fsp3) is 0.350. The van der Waals surface area contributed by atoms with Crippen molar-refractivity contribution < 1.29 is 18.3 Å². The number of carbonyl (C=O) groups is 1. The summed E-state index contributed by atoms with van der Waals surface area (Å²) in [4.78, 5) is 31.8. The van der Waals surface area contributed by atoms with E-state index in [4.69, 9.17) is 11.6 Å². The van der Waals surface area contributed by atoms with Gasteiger partial charge in [-0.3, -0.25) is 14.2 Å². The molecule has 1 amide bonds. The number of anilines is 1. The molecule has 0 spiro atoms. The molecule has 31 heavy (non-hydrogen) atoms. The summed E-state index contributed by atoms with van der Waals surface area (Å²) in [5.74, 6) is -0.531. The Kier molecular flexibility index (Phi) is 7.23. The van der Waals surface area contributed by atoms with E-state index in [1.165, 1.54) is 29.5 Å². The number of ether oxygens (including phenoxy) is 1. The largest absolute Gasteiger partial charge is 0.433 e. The number of hydrogen-bond acceptors (Lipinski definition) is 6. The first-order valence-electron chi connectivity index (χ1n) is 9.27. The number of rotatable bonds is 7. The van der Waals surface area contributed by atoms with Crippen molar-refractivity contribution >= 4 is 56.5 Å². The fourth-order valence-corrected chi connectivity index (χ4v) is 5.17. The number of carbonyl (C=O) groups excluding carboxylic acids is 1. The third kappa shape index (κ3) is 5.19. The van der Waals surface area contributed by atoms with Crippen molar-refractivity contribution in [2.45, 2.75) is 45.5 Å². The molecule has 2 aromatic heterocycles. The average molecular weight is 488 g/mol. The van der Waals surface area contributed by atoms with E-state index in [0.717, 1.165) is 22.2 Å². The van der Waals surface area contributed by atoms with Gasteiger partial charge in [0.05, 0.1) is 16.2 Å². The zero-order chi connectivity index (χ0) is 22.9. The van der Waals surface area contributed by atoms with Crippen LogP contribution in [0.25, 0.3) is 10.2 Å². The van der Waals surface area contributed by atoms with Gasteiger partial charge in [0.15, 0.2) is 5.16 Å². The summed E-state index contributed by atoms with van der Waals surface area (Å²) in [7, 11) is 0. The minimum absolute atomic E-state index is 0.000904. The lowest BCUT2D eigenvalue weighted by atomic mass is 10.2. The Bertz CT molecular complexity index is 1190. The lowest BCUT2D eigenvalue weighted by Crippen LogP contribution is -2.25. The lowest BCUT2D eigenvalue weighted by Gasteiger charge is -2.15. The molecule has 166 valence electrons. The van der Waals surface area contributed by atoms with Gasteiger partial charge in [-0.2, -0.15) is 8.78 Å². The number of hydrogen-bond donors (Lipinski definition) is 1. The maximum absolute atomic E-state index is 13.0. The molecule has 0 atom stereocenters. The summed E-state index contributed by atoms with van der Waals surface area (Å²) in [6.45, 7) is 4.64. The second-order valence-electron chi connectivity index (χ2n) is 6.99. The number of benzene rings is 1. The summed E-state index contributed by atoms with van der Waals surface area (Å²) in [6, 6.07) is 3.87. The van der Waals surface area contributed by atoms with Gasteiger partial charge in [-0.15, -0.1) is 11.3 Å². The van der Waals surface area contributed by atoms with Gasteiger partial charge >= 0.3 is 6.61 Å². The molecule has 0 aliphatic heterocycles. The number of aromatic nitrogens is 2. The first-order valence-corrected chi connectivity index (χ1v) is 11.5. The van der Waals surface area contributed by atoms with Crippen LogP contribution >= 0.6 is 34.7 Å². The summed E-state index contributed by atoms with van der Waals surface area (Å²) in [5.41, 5.74) is 1.15. The molecule has 3 rings (SSSR count). The van der Waals surface area contributed by atoms with E-state index >= 15 is 0 Å². The molecule has 6 nitrogen and oxygen atoms in total. The molecule has 3 aromatic rings. The predicted molar refractivity (Wildman–Crippen MR) is 121 cm³/mol. The molecule has 0 bridgehead atoms. The molecule has 2 heterocycles. The minimum atomic E-state index is -2.99. The second kappa shape index (κ2) is 9.54.